The van der Waals surface area contributed by atoms with Crippen molar-refractivity contribution >= 4 is 5.71 Å². The molecule has 0 saturated carbocycles. The van der Waals surface area contributed by atoms with E-state index in [1.807, 2.05) is 19.9 Å². The molecule has 0 radical (unpaired) electrons. The van der Waals surface area contributed by atoms with E-state index in [4.69, 9.17) is 9.84 Å². The molecule has 68 valence electrons. The van der Waals surface area contributed by atoms with Gasteiger partial charge in [0.25, 0.3) is 0 Å². The molecular formula is C9H15NO2. The van der Waals surface area contributed by atoms with Gasteiger partial charge in [0.05, 0.1) is 13.2 Å². The van der Waals surface area contributed by atoms with Crippen LogP contribution in [0.4, 0.5) is 0 Å². The highest BCUT2D eigenvalue weighted by Gasteiger charge is 2.32. The number of ether oxygens (including phenoxy) is 1. The lowest BCUT2D eigenvalue weighted by Crippen LogP contribution is -2.42. The van der Waals surface area contributed by atoms with E-state index in [2.05, 4.69) is 4.99 Å². The molecule has 1 aliphatic heterocycles. The molecule has 3 nitrogen and oxygen atoms in total. The lowest BCUT2D eigenvalue weighted by Gasteiger charge is -2.32. The highest BCUT2D eigenvalue weighted by atomic mass is 16.5. The van der Waals surface area contributed by atoms with Gasteiger partial charge in [-0.1, -0.05) is 0 Å². The van der Waals surface area contributed by atoms with Gasteiger partial charge in [-0.25, -0.2) is 0 Å². The second kappa shape index (κ2) is 3.37. The average Bonchev–Trinajstić information content (AvgIpc) is 2.06. The monoisotopic (exact) mass is 169 g/mol. The summed E-state index contributed by atoms with van der Waals surface area (Å²) in [7, 11) is 1.60. The second-order valence-corrected chi connectivity index (χ2v) is 3.14. The van der Waals surface area contributed by atoms with Gasteiger partial charge in [-0.15, -0.1) is 0 Å². The molecule has 0 saturated heterocycles. The van der Waals surface area contributed by atoms with Gasteiger partial charge in [0.1, 0.15) is 5.60 Å². The molecule has 12 heavy (non-hydrogen) atoms. The number of methoxy groups -OCH3 is 1. The number of aliphatic hydroxyl groups is 1. The number of rotatable bonds is 2. The molecule has 1 aliphatic rings. The minimum atomic E-state index is -0.570. The largest absolute Gasteiger partial charge is 0.393 e. The fraction of sp³-hybridized carbons (Fsp3) is 0.667. The molecule has 0 fully saturated rings. The molecule has 1 N–H and O–H groups in total. The third-order valence-corrected chi connectivity index (χ3v) is 2.37. The lowest BCUT2D eigenvalue weighted by atomic mass is 9.92. The number of aliphatic hydroxyl groups excluding tert-OH is 1. The molecule has 0 bridgehead atoms. The second-order valence-electron chi connectivity index (χ2n) is 3.14. The smallest absolute Gasteiger partial charge is 0.131 e. The van der Waals surface area contributed by atoms with E-state index in [1.165, 1.54) is 0 Å². The van der Waals surface area contributed by atoms with Gasteiger partial charge in [-0.05, 0) is 25.5 Å². The van der Waals surface area contributed by atoms with Crippen molar-refractivity contribution in [1.82, 2.24) is 0 Å². The van der Waals surface area contributed by atoms with Gasteiger partial charge in [0, 0.05) is 12.8 Å². The zero-order chi connectivity index (χ0) is 9.19. The van der Waals surface area contributed by atoms with Crippen molar-refractivity contribution < 1.29 is 9.84 Å². The van der Waals surface area contributed by atoms with Crippen molar-refractivity contribution in [3.63, 3.8) is 0 Å². The summed E-state index contributed by atoms with van der Waals surface area (Å²) in [6, 6.07) is 0. The number of dihydropyridines is 1. The summed E-state index contributed by atoms with van der Waals surface area (Å²) in [6.07, 6.45) is 1.95. The molecule has 0 amide bonds. The SMILES string of the molecule is COC1(CO)CN=C(C)C=C1C. The standard InChI is InChI=1S/C9H15NO2/c1-7-4-8(2)10-5-9(7,6-11)12-3/h4,11H,5-6H2,1-3H3. The summed E-state index contributed by atoms with van der Waals surface area (Å²) in [5.41, 5.74) is 1.47. The van der Waals surface area contributed by atoms with Crippen molar-refractivity contribution in [3.05, 3.63) is 11.6 Å². The van der Waals surface area contributed by atoms with Crippen LogP contribution in [0.1, 0.15) is 13.8 Å². The Morgan fingerprint density at radius 1 is 1.67 bits per heavy atom. The first-order valence-corrected chi connectivity index (χ1v) is 4.00. The van der Waals surface area contributed by atoms with E-state index in [1.54, 1.807) is 7.11 Å². The van der Waals surface area contributed by atoms with Crippen LogP contribution in [0, 0.1) is 0 Å². The van der Waals surface area contributed by atoms with Gasteiger partial charge in [-0.3, -0.25) is 4.99 Å². The summed E-state index contributed by atoms with van der Waals surface area (Å²) >= 11 is 0. The summed E-state index contributed by atoms with van der Waals surface area (Å²) in [4.78, 5) is 4.23. The Bertz CT molecular complexity index is 227. The van der Waals surface area contributed by atoms with E-state index < -0.39 is 5.60 Å². The van der Waals surface area contributed by atoms with E-state index >= 15 is 0 Å². The van der Waals surface area contributed by atoms with Crippen molar-refractivity contribution in [2.24, 2.45) is 4.99 Å². The third kappa shape index (κ3) is 1.42. The Morgan fingerprint density at radius 2 is 2.33 bits per heavy atom. The van der Waals surface area contributed by atoms with Crippen molar-refractivity contribution in [3.8, 4) is 0 Å². The van der Waals surface area contributed by atoms with E-state index in [0.29, 0.717) is 6.54 Å². The first kappa shape index (κ1) is 9.42. The fourth-order valence-electron chi connectivity index (χ4n) is 1.33. The molecule has 0 aromatic heterocycles. The molecule has 0 aromatic carbocycles. The molecule has 0 aromatic rings. The predicted octanol–water partition coefficient (Wildman–Crippen LogP) is 0.785. The van der Waals surface area contributed by atoms with Crippen LogP contribution in [-0.2, 0) is 4.74 Å². The molecule has 1 rings (SSSR count). The molecule has 1 atom stereocenters. The highest BCUT2D eigenvalue weighted by molar-refractivity contribution is 5.94. The first-order valence-electron chi connectivity index (χ1n) is 4.00. The quantitative estimate of drug-likeness (QED) is 0.664. The summed E-state index contributed by atoms with van der Waals surface area (Å²) < 4.78 is 5.26. The zero-order valence-corrected chi connectivity index (χ0v) is 7.79. The van der Waals surface area contributed by atoms with Crippen LogP contribution in [0.5, 0.6) is 0 Å². The van der Waals surface area contributed by atoms with Gasteiger partial charge >= 0.3 is 0 Å². The maximum Gasteiger partial charge on any atom is 0.131 e. The van der Waals surface area contributed by atoms with Crippen LogP contribution in [0.15, 0.2) is 16.6 Å². The molecule has 3 heteroatoms. The van der Waals surface area contributed by atoms with Gasteiger partial charge in [-0.2, -0.15) is 0 Å². The van der Waals surface area contributed by atoms with Gasteiger partial charge < -0.3 is 9.84 Å². The molecule has 1 unspecified atom stereocenters. The van der Waals surface area contributed by atoms with Crippen LogP contribution < -0.4 is 0 Å². The Morgan fingerprint density at radius 3 is 2.75 bits per heavy atom. The number of nitrogens with zero attached hydrogens (tertiary/aromatic N) is 1. The fourth-order valence-corrected chi connectivity index (χ4v) is 1.33. The molecule has 0 spiro atoms. The zero-order valence-electron chi connectivity index (χ0n) is 7.79. The summed E-state index contributed by atoms with van der Waals surface area (Å²) in [5.74, 6) is 0. The van der Waals surface area contributed by atoms with Crippen molar-refractivity contribution in [1.29, 1.82) is 0 Å². The van der Waals surface area contributed by atoms with E-state index in [0.717, 1.165) is 11.3 Å². The van der Waals surface area contributed by atoms with E-state index in [9.17, 15) is 0 Å². The minimum absolute atomic E-state index is 0.0113. The Hall–Kier alpha value is -0.670. The molecule has 0 aliphatic carbocycles. The lowest BCUT2D eigenvalue weighted by molar-refractivity contribution is -0.0163. The van der Waals surface area contributed by atoms with Crippen molar-refractivity contribution in [2.45, 2.75) is 19.4 Å². The predicted molar refractivity (Wildman–Crippen MR) is 48.6 cm³/mol. The van der Waals surface area contributed by atoms with E-state index in [-0.39, 0.29) is 6.61 Å². The number of allylic oxidation sites excluding steroid dienone is 1. The van der Waals surface area contributed by atoms with Crippen LogP contribution in [-0.4, -0.2) is 36.7 Å². The number of hydrogen-bond acceptors (Lipinski definition) is 3. The third-order valence-electron chi connectivity index (χ3n) is 2.37. The highest BCUT2D eigenvalue weighted by Crippen LogP contribution is 2.24. The van der Waals surface area contributed by atoms with Crippen molar-refractivity contribution in [2.75, 3.05) is 20.3 Å². The maximum atomic E-state index is 9.16. The van der Waals surface area contributed by atoms with Crippen LogP contribution in [0.3, 0.4) is 0 Å². The van der Waals surface area contributed by atoms with Crippen LogP contribution in [0.2, 0.25) is 0 Å². The number of hydrogen-bond donors (Lipinski definition) is 1. The normalized spacial score (nSPS) is 29.7. The molecule has 1 heterocycles. The maximum absolute atomic E-state index is 9.16. The Balaban J connectivity index is 2.91. The topological polar surface area (TPSA) is 41.8 Å². The van der Waals surface area contributed by atoms with Crippen LogP contribution in [0.25, 0.3) is 0 Å². The minimum Gasteiger partial charge on any atom is -0.393 e. The molecular weight excluding hydrogens is 154 g/mol. The summed E-state index contributed by atoms with van der Waals surface area (Å²) in [5, 5.41) is 9.16. The first-order chi connectivity index (χ1) is 5.64. The van der Waals surface area contributed by atoms with Gasteiger partial charge in [0.15, 0.2) is 0 Å². The summed E-state index contributed by atoms with van der Waals surface area (Å²) in [6.45, 7) is 4.41. The van der Waals surface area contributed by atoms with Crippen LogP contribution >= 0.6 is 0 Å². The van der Waals surface area contributed by atoms with Gasteiger partial charge in [0.2, 0.25) is 0 Å². The average molecular weight is 169 g/mol. The number of aliphatic imine (C=N–C) groups is 1. The Kier molecular flexibility index (Phi) is 2.65. The Labute approximate surface area is 72.8 Å².